The molecule has 40 heavy (non-hydrogen) atoms. The molecule has 0 radical (unpaired) electrons. The molecule has 0 bridgehead atoms. The van der Waals surface area contributed by atoms with Gasteiger partial charge in [-0.05, 0) is 55.6 Å². The number of nitrogens with one attached hydrogen (secondary N) is 3. The summed E-state index contributed by atoms with van der Waals surface area (Å²) in [4.78, 5) is 26.8. The molecule has 1 aromatic heterocycles. The van der Waals surface area contributed by atoms with Crippen LogP contribution in [0.1, 0.15) is 17.5 Å². The van der Waals surface area contributed by atoms with E-state index in [0.29, 0.717) is 48.1 Å². The van der Waals surface area contributed by atoms with Gasteiger partial charge in [-0.2, -0.15) is 0 Å². The molecule has 1 aliphatic rings. The number of carbonyl (C=O) groups excluding carboxylic acids is 1. The maximum Gasteiger partial charge on any atom is 0.246 e. The Morgan fingerprint density at radius 3 is 2.65 bits per heavy atom. The molecule has 1 fully saturated rings. The van der Waals surface area contributed by atoms with Crippen LogP contribution in [0, 0.1) is 5.41 Å². The minimum atomic E-state index is -0.0834. The van der Waals surface area contributed by atoms with E-state index in [1.807, 2.05) is 30.3 Å². The van der Waals surface area contributed by atoms with Gasteiger partial charge in [0.2, 0.25) is 5.91 Å². The van der Waals surface area contributed by atoms with Gasteiger partial charge in [-0.3, -0.25) is 10.2 Å². The lowest BCUT2D eigenvalue weighted by molar-refractivity contribution is -0.125. The molecule has 1 saturated heterocycles. The number of nitrogen functional groups attached to an aromatic ring is 1. The number of benzene rings is 2. The maximum atomic E-state index is 12.7. The Hall–Kier alpha value is -5.25. The number of aliphatic imine (C=N–C) groups is 1. The van der Waals surface area contributed by atoms with Crippen molar-refractivity contribution < 1.29 is 9.53 Å². The lowest BCUT2D eigenvalue weighted by atomic mass is 10.0. The average Bonchev–Trinajstić information content (AvgIpc) is 3.44. The summed E-state index contributed by atoms with van der Waals surface area (Å²) in [6.07, 6.45) is 8.69. The van der Waals surface area contributed by atoms with Gasteiger partial charge >= 0.3 is 0 Å². The van der Waals surface area contributed by atoms with E-state index >= 15 is 0 Å². The fourth-order valence-corrected chi connectivity index (χ4v) is 4.19. The second-order valence-corrected chi connectivity index (χ2v) is 8.94. The molecule has 3 aromatic rings. The minimum Gasteiger partial charge on any atom is -0.457 e. The molecule has 10 nitrogen and oxygen atoms in total. The number of ether oxygens (including phenoxy) is 1. The number of hydrogen-bond acceptors (Lipinski definition) is 9. The van der Waals surface area contributed by atoms with Crippen molar-refractivity contribution in [1.82, 2.24) is 20.2 Å². The third-order valence-corrected chi connectivity index (χ3v) is 6.20. The Kier molecular flexibility index (Phi) is 9.39. The fourth-order valence-electron chi connectivity index (χ4n) is 4.19. The van der Waals surface area contributed by atoms with Crippen molar-refractivity contribution in [3.63, 3.8) is 0 Å². The molecule has 1 amide bonds. The fraction of sp³-hybridized carbons (Fsp3) is 0.167. The highest BCUT2D eigenvalue weighted by Gasteiger charge is 2.27. The lowest BCUT2D eigenvalue weighted by Gasteiger charge is -2.18. The Morgan fingerprint density at radius 2 is 1.93 bits per heavy atom. The molecular weight excluding hydrogens is 504 g/mol. The van der Waals surface area contributed by atoms with Crippen LogP contribution >= 0.6 is 0 Å². The highest BCUT2D eigenvalue weighted by Crippen LogP contribution is 2.26. The number of para-hydroxylation sites is 1. The molecule has 1 atom stereocenters. The van der Waals surface area contributed by atoms with Crippen LogP contribution in [0.15, 0.2) is 103 Å². The summed E-state index contributed by atoms with van der Waals surface area (Å²) in [6.45, 7) is 8.64. The molecular formula is C30H32N8O2. The largest absolute Gasteiger partial charge is 0.457 e. The Balaban J connectivity index is 1.38. The first kappa shape index (κ1) is 27.8. The number of rotatable bonds is 12. The first-order valence-electron chi connectivity index (χ1n) is 12.8. The Labute approximate surface area is 233 Å². The normalized spacial score (nSPS) is 15.1. The van der Waals surface area contributed by atoms with Gasteiger partial charge < -0.3 is 26.0 Å². The van der Waals surface area contributed by atoms with Gasteiger partial charge in [0.25, 0.3) is 0 Å². The number of anilines is 2. The Morgan fingerprint density at radius 1 is 1.18 bits per heavy atom. The van der Waals surface area contributed by atoms with Crippen LogP contribution in [0.2, 0.25) is 0 Å². The topological polar surface area (TPSA) is 142 Å². The molecule has 10 heteroatoms. The molecule has 0 saturated carbocycles. The quantitative estimate of drug-likeness (QED) is 0.155. The number of allylic oxidation sites excluding steroid dienone is 2. The second-order valence-electron chi connectivity index (χ2n) is 8.94. The van der Waals surface area contributed by atoms with Crippen LogP contribution in [0.4, 0.5) is 11.6 Å². The monoisotopic (exact) mass is 536 g/mol. The lowest BCUT2D eigenvalue weighted by Crippen LogP contribution is -2.31. The van der Waals surface area contributed by atoms with Crippen molar-refractivity contribution in [2.45, 2.75) is 12.5 Å². The summed E-state index contributed by atoms with van der Waals surface area (Å²) < 4.78 is 5.86. The van der Waals surface area contributed by atoms with Crippen LogP contribution in [0.3, 0.4) is 0 Å². The summed E-state index contributed by atoms with van der Waals surface area (Å²) in [6, 6.07) is 16.6. The van der Waals surface area contributed by atoms with Crippen molar-refractivity contribution in [3.8, 4) is 11.5 Å². The third-order valence-electron chi connectivity index (χ3n) is 6.20. The summed E-state index contributed by atoms with van der Waals surface area (Å²) in [5, 5.41) is 15.3. The van der Waals surface area contributed by atoms with E-state index in [9.17, 15) is 4.79 Å². The van der Waals surface area contributed by atoms with Crippen LogP contribution in [-0.4, -0.2) is 58.9 Å². The molecule has 1 aliphatic heterocycles. The number of likely N-dealkylation sites (tertiary alicyclic amines) is 1. The summed E-state index contributed by atoms with van der Waals surface area (Å²) in [7, 11) is 0. The van der Waals surface area contributed by atoms with E-state index < -0.39 is 0 Å². The molecule has 204 valence electrons. The molecule has 2 heterocycles. The zero-order valence-corrected chi connectivity index (χ0v) is 22.1. The number of nitrogens with zero attached hydrogens (tertiary/aromatic N) is 4. The maximum absolute atomic E-state index is 12.7. The molecule has 2 aromatic carbocycles. The van der Waals surface area contributed by atoms with Gasteiger partial charge in [0.05, 0.1) is 11.3 Å². The number of hydrogen-bond donors (Lipinski definition) is 4. The van der Waals surface area contributed by atoms with Gasteiger partial charge in [0.1, 0.15) is 35.3 Å². The first-order valence-corrected chi connectivity index (χ1v) is 12.8. The molecule has 0 aliphatic carbocycles. The third kappa shape index (κ3) is 7.19. The van der Waals surface area contributed by atoms with E-state index in [2.05, 4.69) is 38.9 Å². The van der Waals surface area contributed by atoms with Gasteiger partial charge in [0, 0.05) is 37.3 Å². The van der Waals surface area contributed by atoms with Crippen molar-refractivity contribution in [2.75, 3.05) is 30.7 Å². The van der Waals surface area contributed by atoms with Crippen LogP contribution in [0.5, 0.6) is 11.5 Å². The highest BCUT2D eigenvalue weighted by molar-refractivity contribution is 6.16. The van der Waals surface area contributed by atoms with Gasteiger partial charge in [-0.1, -0.05) is 36.9 Å². The van der Waals surface area contributed by atoms with Crippen molar-refractivity contribution in [2.24, 2.45) is 4.99 Å². The summed E-state index contributed by atoms with van der Waals surface area (Å²) >= 11 is 0. The summed E-state index contributed by atoms with van der Waals surface area (Å²) in [5.41, 5.74) is 7.45. The smallest absolute Gasteiger partial charge is 0.246 e. The van der Waals surface area contributed by atoms with E-state index in [1.54, 1.807) is 53.5 Å². The first-order chi connectivity index (χ1) is 19.5. The number of carbonyl (C=O) groups is 1. The van der Waals surface area contributed by atoms with Gasteiger partial charge in [-0.25, -0.2) is 15.0 Å². The number of aromatic nitrogens is 2. The predicted octanol–water partition coefficient (Wildman–Crippen LogP) is 4.15. The SMILES string of the molecule is C=C/C=C(\N=C)NC/C=C/C(=O)N1CC[C@@H](Nc2ncnc(N)c2C(=N)c2ccc(Oc3ccccc3)cc2)C1. The van der Waals surface area contributed by atoms with Crippen LogP contribution in [0.25, 0.3) is 0 Å². The van der Waals surface area contributed by atoms with Gasteiger partial charge in [0.15, 0.2) is 0 Å². The molecule has 0 unspecified atom stereocenters. The minimum absolute atomic E-state index is 0.0509. The van der Waals surface area contributed by atoms with E-state index in [0.717, 1.165) is 12.2 Å². The van der Waals surface area contributed by atoms with E-state index in [4.69, 9.17) is 15.9 Å². The van der Waals surface area contributed by atoms with Crippen LogP contribution < -0.4 is 21.1 Å². The molecule has 5 N–H and O–H groups in total. The number of amides is 1. The summed E-state index contributed by atoms with van der Waals surface area (Å²) in [5.74, 6) is 2.55. The number of nitrogens with two attached hydrogens (primary N) is 1. The van der Waals surface area contributed by atoms with Gasteiger partial charge in [-0.15, -0.1) is 0 Å². The average molecular weight is 537 g/mol. The highest BCUT2D eigenvalue weighted by atomic mass is 16.5. The van der Waals surface area contributed by atoms with E-state index in [1.165, 1.54) is 6.33 Å². The van der Waals surface area contributed by atoms with Crippen molar-refractivity contribution >= 4 is 30.0 Å². The zero-order valence-electron chi connectivity index (χ0n) is 22.1. The standard InChI is InChI=1S/C30H32N8O2/c1-3-8-25(33-2)34-17-7-11-26(39)38-18-16-22(19-38)37-30-27(29(32)35-20-36-30)28(31)21-12-14-24(15-13-21)40-23-9-5-4-6-10-23/h3-15,20,22,31,34H,1-2,16-19H2,(H3,32,35,36,37)/b11-7+,25-8+,31-28?/t22-/m1/s1. The van der Waals surface area contributed by atoms with Crippen molar-refractivity contribution in [3.05, 3.63) is 109 Å². The van der Waals surface area contributed by atoms with Crippen LogP contribution in [-0.2, 0) is 4.79 Å². The van der Waals surface area contributed by atoms with E-state index in [-0.39, 0.29) is 23.5 Å². The van der Waals surface area contributed by atoms with Crippen molar-refractivity contribution in [1.29, 1.82) is 5.41 Å². The Bertz CT molecular complexity index is 1420. The molecule has 0 spiro atoms. The zero-order chi connectivity index (χ0) is 28.3. The molecule has 4 rings (SSSR count). The second kappa shape index (κ2) is 13.5. The predicted molar refractivity (Wildman–Crippen MR) is 159 cm³/mol.